The van der Waals surface area contributed by atoms with Gasteiger partial charge in [-0.05, 0) is 67.8 Å². The molecular weight excluding hydrogens is 653 g/mol. The van der Waals surface area contributed by atoms with E-state index in [2.05, 4.69) is 4.98 Å². The Morgan fingerprint density at radius 1 is 1.04 bits per heavy atom. The number of rotatable bonds is 9. The third kappa shape index (κ3) is 6.83. The lowest BCUT2D eigenvalue weighted by molar-refractivity contribution is -0.270. The number of hydrogen-bond acceptors (Lipinski definition) is 7. The van der Waals surface area contributed by atoms with E-state index >= 15 is 0 Å². The summed E-state index contributed by atoms with van der Waals surface area (Å²) in [6.45, 7) is -1.17. The zero-order chi connectivity index (χ0) is 31.4. The maximum Gasteiger partial charge on any atom is 0.422 e. The molecule has 5 rings (SSSR count). The number of fused-ring (bicyclic) bond motifs is 1. The normalized spacial score (nSPS) is 18.9. The van der Waals surface area contributed by atoms with E-state index in [0.29, 0.717) is 11.8 Å². The van der Waals surface area contributed by atoms with E-state index in [0.717, 1.165) is 37.1 Å². The molecule has 0 amide bonds. The van der Waals surface area contributed by atoms with Gasteiger partial charge >= 0.3 is 12.4 Å². The molecular formula is C29H29F7N2O5S2. The van der Waals surface area contributed by atoms with Crippen LogP contribution in [0.5, 0.6) is 17.2 Å². The second-order valence-electron chi connectivity index (χ2n) is 10.5. The van der Waals surface area contributed by atoms with Crippen molar-refractivity contribution in [2.45, 2.75) is 55.3 Å². The average molecular weight is 683 g/mol. The molecule has 0 bridgehead atoms. The van der Waals surface area contributed by atoms with Crippen LogP contribution in [-0.2, 0) is 11.1 Å². The molecule has 16 heteroatoms. The number of ketones is 1. The summed E-state index contributed by atoms with van der Waals surface area (Å²) in [5.74, 6) is -1.57. The van der Waals surface area contributed by atoms with Gasteiger partial charge in [0.2, 0.25) is 5.60 Å². The van der Waals surface area contributed by atoms with Crippen LogP contribution in [0, 0.1) is 5.82 Å². The summed E-state index contributed by atoms with van der Waals surface area (Å²) in [7, 11) is 1.33. The fourth-order valence-corrected chi connectivity index (χ4v) is 4.68. The number of pyridine rings is 1. The molecule has 2 atom stereocenters. The number of Topliss-reactive ketones (excluding diaryl/α,β-unsaturated/α-hetero) is 1. The van der Waals surface area contributed by atoms with Gasteiger partial charge in [0, 0.05) is 23.1 Å². The number of carbonyl (C=O) groups excluding carboxylic acids is 1. The number of ether oxygens (including phenoxy) is 3. The Kier molecular flexibility index (Phi) is 10.4. The quantitative estimate of drug-likeness (QED) is 0.205. The van der Waals surface area contributed by atoms with Gasteiger partial charge in [-0.2, -0.15) is 53.3 Å². The van der Waals surface area contributed by atoms with Crippen molar-refractivity contribution >= 4 is 32.8 Å². The monoisotopic (exact) mass is 682 g/mol. The predicted molar refractivity (Wildman–Crippen MR) is 158 cm³/mol. The Balaban J connectivity index is 0.00000276. The lowest BCUT2D eigenvalue weighted by atomic mass is 9.85. The highest BCUT2D eigenvalue weighted by molar-refractivity contribution is 7.59. The first-order valence-electron chi connectivity index (χ1n) is 13.0. The highest BCUT2D eigenvalue weighted by atomic mass is 32.1. The third-order valence-electron chi connectivity index (χ3n) is 7.43. The van der Waals surface area contributed by atoms with Gasteiger partial charge in [0.25, 0.3) is 0 Å². The molecule has 1 aliphatic carbocycles. The molecule has 0 unspecified atom stereocenters. The highest BCUT2D eigenvalue weighted by Gasteiger charge is 2.61. The van der Waals surface area contributed by atoms with E-state index in [1.165, 1.54) is 25.3 Å². The van der Waals surface area contributed by atoms with E-state index < -0.39 is 77.2 Å². The summed E-state index contributed by atoms with van der Waals surface area (Å²) >= 11 is 0. The molecule has 3 N–H and O–H groups in total. The molecule has 7 nitrogen and oxygen atoms in total. The van der Waals surface area contributed by atoms with Crippen LogP contribution in [-0.4, -0.2) is 48.0 Å². The van der Waals surface area contributed by atoms with Gasteiger partial charge in [-0.3, -0.25) is 4.79 Å². The minimum absolute atomic E-state index is 0. The van der Waals surface area contributed by atoms with E-state index in [-0.39, 0.29) is 50.0 Å². The van der Waals surface area contributed by atoms with Crippen molar-refractivity contribution in [2.24, 2.45) is 5.73 Å². The molecule has 0 radical (unpaired) electrons. The first kappa shape index (κ1) is 36.3. The molecule has 0 saturated heterocycles. The van der Waals surface area contributed by atoms with Gasteiger partial charge in [-0.25, -0.2) is 9.37 Å². The molecule has 0 spiro atoms. The minimum Gasteiger partial charge on any atom is -0.493 e. The first-order chi connectivity index (χ1) is 20.1. The molecule has 2 aliphatic rings. The second kappa shape index (κ2) is 12.9. The van der Waals surface area contributed by atoms with Crippen molar-refractivity contribution in [3.63, 3.8) is 0 Å². The van der Waals surface area contributed by atoms with Crippen LogP contribution in [0.25, 0.3) is 11.3 Å². The smallest absolute Gasteiger partial charge is 0.422 e. The fourth-order valence-electron chi connectivity index (χ4n) is 4.68. The summed E-state index contributed by atoms with van der Waals surface area (Å²) in [5.41, 5.74) is -4.27. The van der Waals surface area contributed by atoms with Crippen molar-refractivity contribution in [1.82, 2.24) is 4.98 Å². The number of halogens is 7. The number of nitrogens with zero attached hydrogens (tertiary/aromatic N) is 1. The van der Waals surface area contributed by atoms with E-state index in [4.69, 9.17) is 19.9 Å². The lowest BCUT2D eigenvalue weighted by Crippen LogP contribution is -2.52. The van der Waals surface area contributed by atoms with Crippen LogP contribution in [0.15, 0.2) is 48.5 Å². The number of aromatic nitrogens is 1. The number of hydrogen-bond donors (Lipinski definition) is 2. The number of methoxy groups -OCH3 is 1. The Morgan fingerprint density at radius 2 is 1.69 bits per heavy atom. The van der Waals surface area contributed by atoms with Crippen LogP contribution in [0.3, 0.4) is 0 Å². The van der Waals surface area contributed by atoms with Crippen molar-refractivity contribution in [1.29, 1.82) is 0 Å². The summed E-state index contributed by atoms with van der Waals surface area (Å²) in [4.78, 5) is 16.9. The van der Waals surface area contributed by atoms with E-state index in [9.17, 15) is 40.6 Å². The van der Waals surface area contributed by atoms with Crippen molar-refractivity contribution in [3.8, 4) is 28.5 Å². The molecule has 3 aromatic rings. The predicted octanol–water partition coefficient (Wildman–Crippen LogP) is 6.18. The average Bonchev–Trinajstić information content (AvgIpc) is 3.70. The number of carbonyl (C=O) groups is 1. The lowest BCUT2D eigenvalue weighted by Gasteiger charge is -2.32. The topological polar surface area (TPSA) is 104 Å². The maximum absolute atomic E-state index is 14.5. The van der Waals surface area contributed by atoms with Gasteiger partial charge in [-0.15, -0.1) is 0 Å². The standard InChI is InChI=1S/C29H25F7N2O5.2H2S/c1-41-22-12-16(4-9-21(22)43-18-7-8-18)20(39)10-11-27(40,29(34,35)36)23-13-19-25(42-14-26(19,37)28(31,32)33)24(38-23)15-2-5-17(30)6-3-15;;/h2-6,9,12-13,18,40H,7-8,10-11,14,37H2,1H3;2*1H2/t26-,27+;;/m1../s1. The number of alkyl halides is 6. The molecule has 246 valence electrons. The molecule has 1 fully saturated rings. The molecule has 1 aliphatic heterocycles. The van der Waals surface area contributed by atoms with Crippen molar-refractivity contribution in [2.75, 3.05) is 13.7 Å². The molecule has 2 aromatic carbocycles. The third-order valence-corrected chi connectivity index (χ3v) is 7.43. The Bertz CT molecular complexity index is 1550. The Hall–Kier alpha value is -3.21. The Labute approximate surface area is 266 Å². The second-order valence-corrected chi connectivity index (χ2v) is 10.5. The first-order valence-corrected chi connectivity index (χ1v) is 13.0. The van der Waals surface area contributed by atoms with Gasteiger partial charge < -0.3 is 25.1 Å². The van der Waals surface area contributed by atoms with Gasteiger partial charge in [0.05, 0.1) is 18.9 Å². The minimum atomic E-state index is -5.50. The zero-order valence-electron chi connectivity index (χ0n) is 23.5. The molecule has 45 heavy (non-hydrogen) atoms. The number of benzene rings is 2. The Morgan fingerprint density at radius 3 is 2.24 bits per heavy atom. The largest absolute Gasteiger partial charge is 0.493 e. The van der Waals surface area contributed by atoms with Gasteiger partial charge in [-0.1, -0.05) is 0 Å². The van der Waals surface area contributed by atoms with Gasteiger partial charge in [0.1, 0.15) is 18.1 Å². The van der Waals surface area contributed by atoms with Crippen LogP contribution in [0.2, 0.25) is 0 Å². The summed E-state index contributed by atoms with van der Waals surface area (Å²) in [6, 6.07) is 8.46. The molecule has 1 aromatic heterocycles. The summed E-state index contributed by atoms with van der Waals surface area (Å²) < 4.78 is 115. The fraction of sp³-hybridized carbons (Fsp3) is 0.379. The molecule has 1 saturated carbocycles. The zero-order valence-corrected chi connectivity index (χ0v) is 25.5. The summed E-state index contributed by atoms with van der Waals surface area (Å²) in [6.07, 6.45) is -11.1. The number of aliphatic hydroxyl groups is 1. The van der Waals surface area contributed by atoms with Crippen LogP contribution in [0.4, 0.5) is 30.7 Å². The van der Waals surface area contributed by atoms with Gasteiger partial charge in [0.15, 0.2) is 28.6 Å². The highest BCUT2D eigenvalue weighted by Crippen LogP contribution is 2.51. The van der Waals surface area contributed by atoms with Crippen LogP contribution < -0.4 is 19.9 Å². The van der Waals surface area contributed by atoms with Crippen LogP contribution >= 0.6 is 27.0 Å². The molecule has 2 heterocycles. The number of nitrogens with two attached hydrogens (primary N) is 1. The van der Waals surface area contributed by atoms with Crippen LogP contribution in [0.1, 0.15) is 47.3 Å². The van der Waals surface area contributed by atoms with E-state index in [1.54, 1.807) is 0 Å². The maximum atomic E-state index is 14.5. The summed E-state index contributed by atoms with van der Waals surface area (Å²) in [5, 5.41) is 11.1. The SMILES string of the molecule is COc1cc(C(=O)CC[C@](O)(c2cc3c(c(-c4ccc(F)cc4)n2)OC[C@]3(N)C(F)(F)F)C(F)(F)F)ccc1OC1CC1.S.S. The van der Waals surface area contributed by atoms with E-state index in [1.807, 2.05) is 0 Å². The van der Waals surface area contributed by atoms with Crippen molar-refractivity contribution < 1.29 is 54.8 Å². The van der Waals surface area contributed by atoms with Crippen molar-refractivity contribution in [3.05, 3.63) is 71.2 Å².